The van der Waals surface area contributed by atoms with E-state index in [2.05, 4.69) is 52.8 Å². The van der Waals surface area contributed by atoms with Gasteiger partial charge in [0.25, 0.3) is 0 Å². The van der Waals surface area contributed by atoms with Crippen molar-refractivity contribution in [2.75, 3.05) is 30.8 Å². The lowest BCUT2D eigenvalue weighted by Crippen LogP contribution is -2.31. The number of nitrogens with one attached hydrogen (secondary N) is 3. The number of hydrogen-bond donors (Lipinski definition) is 3. The third-order valence-corrected chi connectivity index (χ3v) is 9.21. The second-order valence-electron chi connectivity index (χ2n) is 12.4. The zero-order chi connectivity index (χ0) is 35.2. The minimum absolute atomic E-state index is 0.101. The van der Waals surface area contributed by atoms with Crippen molar-refractivity contribution in [1.29, 1.82) is 5.26 Å². The summed E-state index contributed by atoms with van der Waals surface area (Å²) in [6.07, 6.45) is 9.97. The summed E-state index contributed by atoms with van der Waals surface area (Å²) in [6.45, 7) is 7.56. The van der Waals surface area contributed by atoms with Crippen molar-refractivity contribution in [2.45, 2.75) is 84.3 Å². The molecule has 0 aliphatic carbocycles. The molecule has 0 fully saturated rings. The number of halogens is 1. The van der Waals surface area contributed by atoms with Crippen LogP contribution in [0.4, 0.5) is 17.3 Å². The fourth-order valence-corrected chi connectivity index (χ4v) is 6.08. The number of carbonyl (C=O) groups excluding carboxylic acids is 2. The third-order valence-electron chi connectivity index (χ3n) is 8.91. The monoisotopic (exact) mass is 685 g/mol. The number of fused-ring (bicyclic) bond motifs is 1. The molecule has 2 heterocycles. The molecule has 10 nitrogen and oxygen atoms in total. The normalized spacial score (nSPS) is 14.1. The van der Waals surface area contributed by atoms with Gasteiger partial charge in [0.2, 0.25) is 11.8 Å². The van der Waals surface area contributed by atoms with Gasteiger partial charge >= 0.3 is 0 Å². The number of ether oxygens (including phenoxy) is 1. The summed E-state index contributed by atoms with van der Waals surface area (Å²) in [5, 5.41) is 19.6. The van der Waals surface area contributed by atoms with Crippen LogP contribution in [0.25, 0.3) is 6.08 Å². The standard InChI is InChI=1S/C38H48ClN7O3/c1-5-11-26(6-2)14-17-35(47)46(4)21-19-30(7-3)49-34-16-15-29(23-32(34)39)44-37-31-22-28(18-20-41-36(31)42-25-43-37)38(48)45-33(24-40)27-12-9-8-10-13-27/h8-10,12-13,15-16,22-23,25-26,30,33H,5-7,11,14,17-21H2,1-4H3,(H,45,48)(H2,41,42,43,44). The first kappa shape index (κ1) is 37.2. The zero-order valence-corrected chi connectivity index (χ0v) is 29.7. The van der Waals surface area contributed by atoms with Gasteiger partial charge in [0.1, 0.15) is 35.9 Å². The van der Waals surface area contributed by atoms with Gasteiger partial charge in [0.15, 0.2) is 0 Å². The van der Waals surface area contributed by atoms with Gasteiger partial charge in [0, 0.05) is 44.2 Å². The van der Waals surface area contributed by atoms with Crippen molar-refractivity contribution in [3.8, 4) is 11.8 Å². The van der Waals surface area contributed by atoms with Crippen molar-refractivity contribution in [3.63, 3.8) is 0 Å². The molecule has 0 saturated heterocycles. The first-order valence-electron chi connectivity index (χ1n) is 17.3. The van der Waals surface area contributed by atoms with Crippen LogP contribution in [0.3, 0.4) is 0 Å². The Labute approximate surface area is 295 Å². The molecule has 1 aliphatic rings. The van der Waals surface area contributed by atoms with Gasteiger partial charge in [-0.3, -0.25) is 9.59 Å². The van der Waals surface area contributed by atoms with Gasteiger partial charge < -0.3 is 25.6 Å². The highest BCUT2D eigenvalue weighted by molar-refractivity contribution is 6.32. The molecular weight excluding hydrogens is 638 g/mol. The van der Waals surface area contributed by atoms with Gasteiger partial charge in [-0.1, -0.05) is 82.0 Å². The van der Waals surface area contributed by atoms with E-state index in [9.17, 15) is 14.9 Å². The molecule has 3 unspecified atom stereocenters. The van der Waals surface area contributed by atoms with E-state index >= 15 is 0 Å². The Bertz CT molecular complexity index is 1630. The lowest BCUT2D eigenvalue weighted by atomic mass is 9.95. The molecule has 2 aromatic carbocycles. The van der Waals surface area contributed by atoms with Crippen molar-refractivity contribution in [1.82, 2.24) is 20.2 Å². The van der Waals surface area contributed by atoms with Gasteiger partial charge in [-0.25, -0.2) is 9.97 Å². The quantitative estimate of drug-likeness (QED) is 0.130. The van der Waals surface area contributed by atoms with Crippen LogP contribution >= 0.6 is 11.6 Å². The molecule has 260 valence electrons. The predicted molar refractivity (Wildman–Crippen MR) is 196 cm³/mol. The van der Waals surface area contributed by atoms with Crippen LogP contribution in [0.2, 0.25) is 5.02 Å². The molecular formula is C38H48ClN7O3. The topological polar surface area (TPSA) is 132 Å². The maximum atomic E-state index is 13.3. The summed E-state index contributed by atoms with van der Waals surface area (Å²) >= 11 is 6.70. The minimum atomic E-state index is -0.775. The average Bonchev–Trinajstić information content (AvgIpc) is 3.35. The van der Waals surface area contributed by atoms with Crippen LogP contribution in [-0.2, 0) is 9.59 Å². The lowest BCUT2D eigenvalue weighted by Gasteiger charge is -2.23. The van der Waals surface area contributed by atoms with Crippen LogP contribution in [0.5, 0.6) is 5.75 Å². The summed E-state index contributed by atoms with van der Waals surface area (Å²) in [7, 11) is 1.87. The Kier molecular flexibility index (Phi) is 14.3. The first-order valence-corrected chi connectivity index (χ1v) is 17.7. The van der Waals surface area contributed by atoms with Gasteiger partial charge in [0.05, 0.1) is 16.7 Å². The summed E-state index contributed by atoms with van der Waals surface area (Å²) in [5.74, 6) is 2.10. The van der Waals surface area contributed by atoms with Crippen molar-refractivity contribution in [2.24, 2.45) is 5.92 Å². The van der Waals surface area contributed by atoms with Gasteiger partial charge in [-0.2, -0.15) is 5.26 Å². The Morgan fingerprint density at radius 1 is 1.08 bits per heavy atom. The largest absolute Gasteiger partial charge is 0.489 e. The molecule has 0 bridgehead atoms. The van der Waals surface area contributed by atoms with Crippen molar-refractivity contribution < 1.29 is 14.3 Å². The fraction of sp³-hybridized carbons (Fsp3) is 0.447. The van der Waals surface area contributed by atoms with Crippen LogP contribution in [0, 0.1) is 17.2 Å². The van der Waals surface area contributed by atoms with E-state index in [4.69, 9.17) is 16.3 Å². The number of benzene rings is 2. The number of hydrogen-bond acceptors (Lipinski definition) is 8. The minimum Gasteiger partial charge on any atom is -0.489 e. The molecule has 0 radical (unpaired) electrons. The second-order valence-corrected chi connectivity index (χ2v) is 12.8. The Balaban J connectivity index is 1.40. The molecule has 0 spiro atoms. The van der Waals surface area contributed by atoms with Crippen LogP contribution in [-0.4, -0.2) is 52.9 Å². The molecule has 1 aliphatic heterocycles. The van der Waals surface area contributed by atoms with E-state index in [1.807, 2.05) is 54.4 Å². The lowest BCUT2D eigenvalue weighted by molar-refractivity contribution is -0.130. The van der Waals surface area contributed by atoms with E-state index in [1.54, 1.807) is 12.1 Å². The molecule has 11 heteroatoms. The summed E-state index contributed by atoms with van der Waals surface area (Å²) in [4.78, 5) is 36.7. The number of rotatable bonds is 17. The number of amides is 2. The molecule has 2 amide bonds. The number of anilines is 3. The van der Waals surface area contributed by atoms with E-state index in [0.29, 0.717) is 83.1 Å². The number of nitriles is 1. The summed E-state index contributed by atoms with van der Waals surface area (Å²) in [6, 6.07) is 16.0. The van der Waals surface area contributed by atoms with E-state index in [1.165, 1.54) is 12.7 Å². The Morgan fingerprint density at radius 3 is 2.57 bits per heavy atom. The zero-order valence-electron chi connectivity index (χ0n) is 29.0. The highest BCUT2D eigenvalue weighted by Gasteiger charge is 2.22. The molecule has 3 aromatic rings. The van der Waals surface area contributed by atoms with E-state index < -0.39 is 6.04 Å². The maximum Gasteiger partial charge on any atom is 0.248 e. The second kappa shape index (κ2) is 18.8. The van der Waals surface area contributed by atoms with Crippen molar-refractivity contribution in [3.05, 3.63) is 76.6 Å². The number of carbonyl (C=O) groups is 2. The number of nitrogens with zero attached hydrogens (tertiary/aromatic N) is 4. The Morgan fingerprint density at radius 2 is 1.88 bits per heavy atom. The molecule has 3 N–H and O–H groups in total. The molecule has 4 rings (SSSR count). The molecule has 49 heavy (non-hydrogen) atoms. The van der Waals surface area contributed by atoms with E-state index in [-0.39, 0.29) is 17.9 Å². The average molecular weight is 686 g/mol. The smallest absolute Gasteiger partial charge is 0.248 e. The van der Waals surface area contributed by atoms with Gasteiger partial charge in [-0.15, -0.1) is 0 Å². The summed E-state index contributed by atoms with van der Waals surface area (Å²) < 4.78 is 6.29. The first-order chi connectivity index (χ1) is 23.8. The SMILES string of the molecule is CCCC(CC)CCC(=O)N(C)CCC(CC)Oc1ccc(Nc2ncnc3c2C=C(C(=O)NC(C#N)c2ccccc2)CCN3)cc1Cl. The summed E-state index contributed by atoms with van der Waals surface area (Å²) in [5.41, 5.74) is 2.52. The van der Waals surface area contributed by atoms with Crippen LogP contribution < -0.4 is 20.7 Å². The van der Waals surface area contributed by atoms with E-state index in [0.717, 1.165) is 25.7 Å². The molecule has 3 atom stereocenters. The Hall–Kier alpha value is -4.62. The third kappa shape index (κ3) is 10.7. The molecule has 0 saturated carbocycles. The van der Waals surface area contributed by atoms with Gasteiger partial charge in [-0.05, 0) is 55.0 Å². The fourth-order valence-electron chi connectivity index (χ4n) is 5.85. The van der Waals surface area contributed by atoms with Crippen LogP contribution in [0.15, 0.2) is 60.4 Å². The number of aromatic nitrogens is 2. The van der Waals surface area contributed by atoms with Crippen molar-refractivity contribution >= 4 is 46.8 Å². The highest BCUT2D eigenvalue weighted by Crippen LogP contribution is 2.33. The highest BCUT2D eigenvalue weighted by atomic mass is 35.5. The van der Waals surface area contributed by atoms with Crippen LogP contribution in [0.1, 0.15) is 89.3 Å². The maximum absolute atomic E-state index is 13.3. The molecule has 1 aromatic heterocycles. The predicted octanol–water partition coefficient (Wildman–Crippen LogP) is 8.07.